The highest BCUT2D eigenvalue weighted by Gasteiger charge is 2.47. The first-order chi connectivity index (χ1) is 36.4. The molecular formula is C59H87N7O9. The van der Waals surface area contributed by atoms with Crippen LogP contribution in [0.3, 0.4) is 0 Å². The molecule has 0 spiro atoms. The highest BCUT2D eigenvalue weighted by molar-refractivity contribution is 5.95. The lowest BCUT2D eigenvalue weighted by Gasteiger charge is -2.35. The molecule has 16 nitrogen and oxygen atoms in total. The molecule has 2 saturated carbocycles. The average molecular weight is 1040 g/mol. The average Bonchev–Trinajstić information content (AvgIpc) is 4.09. The second-order valence-electron chi connectivity index (χ2n) is 22.5. The first-order valence-electron chi connectivity index (χ1n) is 28.9. The van der Waals surface area contributed by atoms with E-state index in [1.165, 1.54) is 11.1 Å². The molecule has 412 valence electrons. The number of nitrogens with zero attached hydrogens (tertiary/aromatic N) is 2. The van der Waals surface area contributed by atoms with Crippen LogP contribution in [-0.2, 0) is 55.8 Å². The van der Waals surface area contributed by atoms with Crippen molar-refractivity contribution in [1.29, 1.82) is 0 Å². The first-order valence-corrected chi connectivity index (χ1v) is 28.9. The van der Waals surface area contributed by atoms with E-state index in [1.54, 1.807) is 23.8 Å². The quantitative estimate of drug-likeness (QED) is 0.0855. The Morgan fingerprint density at radius 3 is 1.45 bits per heavy atom. The van der Waals surface area contributed by atoms with Crippen molar-refractivity contribution in [2.45, 2.75) is 197 Å². The van der Waals surface area contributed by atoms with Crippen LogP contribution >= 0.6 is 0 Å². The van der Waals surface area contributed by atoms with Crippen molar-refractivity contribution in [3.05, 3.63) is 70.8 Å². The molecule has 0 bridgehead atoms. The third-order valence-corrected chi connectivity index (χ3v) is 17.5. The fraction of sp³-hybridized carbons (Fsp3) is 0.695. The first kappa shape index (κ1) is 56.3. The zero-order chi connectivity index (χ0) is 52.8. The lowest BCUT2D eigenvalue weighted by molar-refractivity contribution is -0.143. The van der Waals surface area contributed by atoms with Crippen LogP contribution in [0.4, 0.5) is 0 Å². The van der Waals surface area contributed by atoms with E-state index < -0.39 is 42.4 Å². The van der Waals surface area contributed by atoms with E-state index in [-0.39, 0.29) is 105 Å². The summed E-state index contributed by atoms with van der Waals surface area (Å²) in [6.07, 6.45) is 15.5. The number of nitrogens with one attached hydrogen (secondary N) is 5. The van der Waals surface area contributed by atoms with Gasteiger partial charge in [-0.3, -0.25) is 28.8 Å². The Morgan fingerprint density at radius 2 is 1.01 bits per heavy atom. The summed E-state index contributed by atoms with van der Waals surface area (Å²) in [4.78, 5) is 88.4. The number of rotatable bonds is 22. The van der Waals surface area contributed by atoms with Crippen LogP contribution < -0.4 is 26.6 Å². The topological polar surface area (TPSA) is 197 Å². The molecule has 6 amide bonds. The third kappa shape index (κ3) is 14.4. The van der Waals surface area contributed by atoms with Crippen LogP contribution in [0.5, 0.6) is 0 Å². The maximum absolute atomic E-state index is 14.8. The fourth-order valence-electron chi connectivity index (χ4n) is 12.8. The molecule has 5 N–H and O–H groups in total. The minimum absolute atomic E-state index is 0.00211. The van der Waals surface area contributed by atoms with Gasteiger partial charge in [-0.25, -0.2) is 0 Å². The molecule has 2 aromatic carbocycles. The standard InChI is InChI=1S/C59H87N7O9/c1-5-38(2)54(67)63-52(42-20-8-6-9-21-42)58(71)65-36-44(34-50(65)56(69)61-48-28-16-24-40-18-12-14-26-46(40)48)74-32-30-73-31-33-75-45-35-51(57(70)62-49-29-17-25-41-19-13-15-27-47(41)49)66(37-45)59(72)53(43-22-10-7-11-23-43)64-55(68)39(3)60-4/h12-15,18-19,26-27,38-39,42-45,48-53,60H,5-11,16-17,20-25,28-37H2,1-4H3,(H,61,69)(H,62,70)(H,63,67)(H,64,68)/t38-,39+,44+,45+,48-,49-,50+,51+,52+,53+/m1/s1. The molecule has 10 atom stereocenters. The van der Waals surface area contributed by atoms with Crippen molar-refractivity contribution in [2.75, 3.05) is 46.6 Å². The van der Waals surface area contributed by atoms with E-state index >= 15 is 0 Å². The number of benzene rings is 2. The predicted octanol–water partition coefficient (Wildman–Crippen LogP) is 6.15. The Morgan fingerprint density at radius 1 is 0.573 bits per heavy atom. The Bertz CT molecular complexity index is 2100. The summed E-state index contributed by atoms with van der Waals surface area (Å²) in [6.45, 7) is 7.00. The van der Waals surface area contributed by atoms with Gasteiger partial charge in [-0.1, -0.05) is 101 Å². The largest absolute Gasteiger partial charge is 0.377 e. The fourth-order valence-corrected chi connectivity index (χ4v) is 12.8. The lowest BCUT2D eigenvalue weighted by Crippen LogP contribution is -2.58. The monoisotopic (exact) mass is 1040 g/mol. The zero-order valence-electron chi connectivity index (χ0n) is 45.3. The molecule has 4 fully saturated rings. The molecule has 0 radical (unpaired) electrons. The van der Waals surface area contributed by atoms with Crippen LogP contribution in [0, 0.1) is 17.8 Å². The van der Waals surface area contributed by atoms with Crippen molar-refractivity contribution < 1.29 is 43.0 Å². The Kier molecular flexibility index (Phi) is 20.6. The van der Waals surface area contributed by atoms with Gasteiger partial charge in [0.05, 0.1) is 56.8 Å². The second-order valence-corrected chi connectivity index (χ2v) is 22.5. The maximum atomic E-state index is 14.8. The van der Waals surface area contributed by atoms with E-state index in [4.69, 9.17) is 14.2 Å². The zero-order valence-corrected chi connectivity index (χ0v) is 45.3. The van der Waals surface area contributed by atoms with Crippen molar-refractivity contribution >= 4 is 35.4 Å². The molecule has 6 aliphatic rings. The van der Waals surface area contributed by atoms with Gasteiger partial charge < -0.3 is 50.6 Å². The van der Waals surface area contributed by atoms with Crippen molar-refractivity contribution in [3.8, 4) is 0 Å². The van der Waals surface area contributed by atoms with E-state index in [0.29, 0.717) is 19.3 Å². The number of likely N-dealkylation sites (tertiary alicyclic amines) is 2. The van der Waals surface area contributed by atoms with Crippen molar-refractivity contribution in [1.82, 2.24) is 36.4 Å². The molecule has 2 aromatic rings. The molecule has 2 aliphatic heterocycles. The molecule has 0 aromatic heterocycles. The SMILES string of the molecule is CC[C@@H](C)C(=O)N[C@H](C(=O)N1C[C@@H](OCCOCCO[C@H]2C[C@@H](C(=O)N[C@@H]3CCCc4ccccc43)N(C(=O)[C@@H](NC(=O)[C@H](C)NC)C3CCCCC3)C2)C[C@H]1C(=O)N[C@@H]1CCCc2ccccc21)C1CCCCC1. The number of aryl methyl sites for hydroxylation is 2. The van der Waals surface area contributed by atoms with Gasteiger partial charge in [0, 0.05) is 31.8 Å². The van der Waals surface area contributed by atoms with Crippen LogP contribution in [-0.4, -0.2) is 134 Å². The summed E-state index contributed by atoms with van der Waals surface area (Å²) < 4.78 is 18.8. The summed E-state index contributed by atoms with van der Waals surface area (Å²) in [5.74, 6) is -1.53. The number of amides is 6. The van der Waals surface area contributed by atoms with E-state index in [1.807, 2.05) is 38.1 Å². The molecule has 0 unspecified atom stereocenters. The van der Waals surface area contributed by atoms with Crippen molar-refractivity contribution in [3.63, 3.8) is 0 Å². The molecule has 75 heavy (non-hydrogen) atoms. The van der Waals surface area contributed by atoms with Gasteiger partial charge in [0.25, 0.3) is 0 Å². The molecule has 2 heterocycles. The van der Waals surface area contributed by atoms with E-state index in [0.717, 1.165) is 114 Å². The minimum Gasteiger partial charge on any atom is -0.377 e. The van der Waals surface area contributed by atoms with E-state index in [9.17, 15) is 28.8 Å². The number of carbonyl (C=O) groups is 6. The number of carbonyl (C=O) groups excluding carboxylic acids is 6. The Labute approximate surface area is 445 Å². The highest BCUT2D eigenvalue weighted by Crippen LogP contribution is 2.35. The summed E-state index contributed by atoms with van der Waals surface area (Å²) >= 11 is 0. The van der Waals surface area contributed by atoms with Gasteiger partial charge in [0.15, 0.2) is 0 Å². The van der Waals surface area contributed by atoms with Gasteiger partial charge >= 0.3 is 0 Å². The summed E-state index contributed by atoms with van der Waals surface area (Å²) in [5.41, 5.74) is 4.71. The number of ether oxygens (including phenoxy) is 3. The van der Waals surface area contributed by atoms with Crippen molar-refractivity contribution in [2.24, 2.45) is 17.8 Å². The Hall–Kier alpha value is -4.90. The predicted molar refractivity (Wildman–Crippen MR) is 286 cm³/mol. The normalized spacial score (nSPS) is 25.8. The minimum atomic E-state index is -0.771. The highest BCUT2D eigenvalue weighted by atomic mass is 16.5. The van der Waals surface area contributed by atoms with E-state index in [2.05, 4.69) is 50.8 Å². The van der Waals surface area contributed by atoms with Gasteiger partial charge in [-0.2, -0.15) is 0 Å². The number of hydrogen-bond donors (Lipinski definition) is 5. The number of fused-ring (bicyclic) bond motifs is 2. The van der Waals surface area contributed by atoms with Gasteiger partial charge in [-0.05, 0) is 119 Å². The molecule has 4 aliphatic carbocycles. The van der Waals surface area contributed by atoms with Gasteiger partial charge in [0.1, 0.15) is 24.2 Å². The Balaban J connectivity index is 0.886. The smallest absolute Gasteiger partial charge is 0.246 e. The lowest BCUT2D eigenvalue weighted by atomic mass is 9.83. The maximum Gasteiger partial charge on any atom is 0.246 e. The number of likely N-dealkylation sites (N-methyl/N-ethyl adjacent to an activating group) is 1. The van der Waals surface area contributed by atoms with Gasteiger partial charge in [0.2, 0.25) is 35.4 Å². The number of hydrogen-bond acceptors (Lipinski definition) is 10. The summed E-state index contributed by atoms with van der Waals surface area (Å²) in [5, 5.41) is 15.9. The molecule has 16 heteroatoms. The van der Waals surface area contributed by atoms with Crippen LogP contribution in [0.25, 0.3) is 0 Å². The summed E-state index contributed by atoms with van der Waals surface area (Å²) in [7, 11) is 1.72. The molecule has 8 rings (SSSR count). The molecular weight excluding hydrogens is 951 g/mol. The second kappa shape index (κ2) is 27.4. The molecule has 2 saturated heterocycles. The van der Waals surface area contributed by atoms with Gasteiger partial charge in [-0.15, -0.1) is 0 Å². The van der Waals surface area contributed by atoms with Crippen LogP contribution in [0.1, 0.15) is 164 Å². The third-order valence-electron chi connectivity index (χ3n) is 17.5. The van der Waals surface area contributed by atoms with Crippen LogP contribution in [0.2, 0.25) is 0 Å². The summed E-state index contributed by atoms with van der Waals surface area (Å²) in [6, 6.07) is 12.7. The van der Waals surface area contributed by atoms with Crippen LogP contribution in [0.15, 0.2) is 48.5 Å².